The lowest BCUT2D eigenvalue weighted by atomic mass is 10.3. The molecule has 2 N–H and O–H groups in total. The van der Waals surface area contributed by atoms with Gasteiger partial charge in [-0.15, -0.1) is 24.0 Å². The van der Waals surface area contributed by atoms with Crippen molar-refractivity contribution >= 4 is 35.8 Å². The Morgan fingerprint density at radius 2 is 2.34 bits per heavy atom. The Labute approximate surface area is 186 Å². The van der Waals surface area contributed by atoms with Gasteiger partial charge in [0.25, 0.3) is 0 Å². The van der Waals surface area contributed by atoms with Crippen LogP contribution in [0, 0.1) is 5.82 Å². The fourth-order valence-corrected chi connectivity index (χ4v) is 3.06. The molecule has 160 valence electrons. The minimum absolute atomic E-state index is 0. The van der Waals surface area contributed by atoms with Crippen LogP contribution in [0.1, 0.15) is 38.1 Å². The van der Waals surface area contributed by atoms with Crippen LogP contribution in [0.25, 0.3) is 0 Å². The summed E-state index contributed by atoms with van der Waals surface area (Å²) in [4.78, 5) is 14.6. The minimum Gasteiger partial charge on any atom is -0.371 e. The van der Waals surface area contributed by atoms with Gasteiger partial charge in [-0.3, -0.25) is 4.99 Å². The zero-order valence-corrected chi connectivity index (χ0v) is 19.1. The fourth-order valence-electron chi connectivity index (χ4n) is 3.06. The Morgan fingerprint density at radius 3 is 3.07 bits per heavy atom. The van der Waals surface area contributed by atoms with Crippen molar-refractivity contribution in [3.63, 3.8) is 0 Å². The number of nitrogens with zero attached hydrogens (tertiary/aromatic N) is 5. The van der Waals surface area contributed by atoms with Crippen molar-refractivity contribution in [3.8, 4) is 0 Å². The third kappa shape index (κ3) is 6.23. The zero-order valence-electron chi connectivity index (χ0n) is 16.8. The number of halogens is 2. The van der Waals surface area contributed by atoms with E-state index in [1.165, 1.54) is 6.07 Å². The van der Waals surface area contributed by atoms with E-state index in [1.807, 2.05) is 18.7 Å². The van der Waals surface area contributed by atoms with Crippen molar-refractivity contribution in [3.05, 3.63) is 35.9 Å². The van der Waals surface area contributed by atoms with Gasteiger partial charge in [-0.25, -0.2) is 9.37 Å². The van der Waals surface area contributed by atoms with E-state index in [-0.39, 0.29) is 41.9 Å². The average Bonchev–Trinajstić information content (AvgIpc) is 3.35. The van der Waals surface area contributed by atoms with Crippen LogP contribution < -0.4 is 15.5 Å². The monoisotopic (exact) mass is 519 g/mol. The molecule has 2 atom stereocenters. The van der Waals surface area contributed by atoms with Crippen molar-refractivity contribution < 1.29 is 13.7 Å². The van der Waals surface area contributed by atoms with E-state index in [4.69, 9.17) is 9.26 Å². The van der Waals surface area contributed by atoms with Crippen LogP contribution in [0.15, 0.2) is 27.8 Å². The molecule has 0 spiro atoms. The average molecular weight is 519 g/mol. The third-order valence-electron chi connectivity index (χ3n) is 4.46. The van der Waals surface area contributed by atoms with E-state index in [0.29, 0.717) is 43.2 Å². The molecular weight excluding hydrogens is 492 g/mol. The predicted octanol–water partition coefficient (Wildman–Crippen LogP) is 2.26. The lowest BCUT2D eigenvalue weighted by molar-refractivity contribution is 0.0683. The molecule has 11 heteroatoms. The van der Waals surface area contributed by atoms with Crippen molar-refractivity contribution in [2.24, 2.45) is 4.99 Å². The first-order chi connectivity index (χ1) is 13.6. The van der Waals surface area contributed by atoms with Crippen LogP contribution in [0.3, 0.4) is 0 Å². The molecule has 3 rings (SSSR count). The third-order valence-corrected chi connectivity index (χ3v) is 4.46. The molecule has 3 heterocycles. The van der Waals surface area contributed by atoms with Gasteiger partial charge < -0.3 is 24.8 Å². The zero-order chi connectivity index (χ0) is 19.9. The largest absolute Gasteiger partial charge is 0.371 e. The van der Waals surface area contributed by atoms with E-state index in [1.54, 1.807) is 19.3 Å². The first kappa shape index (κ1) is 23.3. The molecule has 1 aliphatic heterocycles. The molecule has 29 heavy (non-hydrogen) atoms. The molecule has 1 saturated heterocycles. The van der Waals surface area contributed by atoms with E-state index < -0.39 is 0 Å². The Balaban J connectivity index is 0.00000300. The highest BCUT2D eigenvalue weighted by Crippen LogP contribution is 2.20. The highest BCUT2D eigenvalue weighted by Gasteiger charge is 2.26. The second-order valence-corrected chi connectivity index (χ2v) is 6.45. The SMILES string of the molecule is CCOC(C)c1noc(CNC(=NC)NC2CCN(c3ncccc3F)C2)n1.I. The number of pyridine rings is 1. The summed E-state index contributed by atoms with van der Waals surface area (Å²) in [6.07, 6.45) is 2.24. The van der Waals surface area contributed by atoms with Crippen LogP contribution in [0.5, 0.6) is 0 Å². The van der Waals surface area contributed by atoms with Crippen molar-refractivity contribution in [2.75, 3.05) is 31.6 Å². The summed E-state index contributed by atoms with van der Waals surface area (Å²) in [6.45, 7) is 6.09. The molecule has 2 aromatic rings. The molecule has 2 unspecified atom stereocenters. The topological polar surface area (TPSA) is 101 Å². The number of anilines is 1. The van der Waals surface area contributed by atoms with E-state index >= 15 is 0 Å². The molecule has 2 aromatic heterocycles. The van der Waals surface area contributed by atoms with Crippen LogP contribution in [0.2, 0.25) is 0 Å². The summed E-state index contributed by atoms with van der Waals surface area (Å²) in [6, 6.07) is 3.15. The minimum atomic E-state index is -0.306. The van der Waals surface area contributed by atoms with Gasteiger partial charge in [0, 0.05) is 39.0 Å². The number of hydrogen-bond acceptors (Lipinski definition) is 7. The second kappa shape index (κ2) is 11.2. The Morgan fingerprint density at radius 1 is 1.52 bits per heavy atom. The lowest BCUT2D eigenvalue weighted by Crippen LogP contribution is -2.44. The predicted molar refractivity (Wildman–Crippen MR) is 118 cm³/mol. The summed E-state index contributed by atoms with van der Waals surface area (Å²) in [7, 11) is 1.69. The molecule has 0 aliphatic carbocycles. The number of ether oxygens (including phenoxy) is 1. The maximum Gasteiger partial charge on any atom is 0.246 e. The van der Waals surface area contributed by atoms with Crippen LogP contribution in [-0.4, -0.2) is 53.9 Å². The number of nitrogens with one attached hydrogen (secondary N) is 2. The standard InChI is InChI=1S/C18H26FN7O2.HI/c1-4-27-12(2)16-24-15(28-25-16)10-22-18(20-3)23-13-7-9-26(11-13)17-14(19)6-5-8-21-17;/h5-6,8,12-13H,4,7,9-11H2,1-3H3,(H2,20,22,23);1H. The molecule has 0 saturated carbocycles. The molecule has 9 nitrogen and oxygen atoms in total. The van der Waals surface area contributed by atoms with Gasteiger partial charge in [0.05, 0.1) is 6.54 Å². The van der Waals surface area contributed by atoms with Gasteiger partial charge in [-0.1, -0.05) is 5.16 Å². The van der Waals surface area contributed by atoms with Crippen LogP contribution in [-0.2, 0) is 11.3 Å². The van der Waals surface area contributed by atoms with Gasteiger partial charge in [0.2, 0.25) is 5.89 Å². The summed E-state index contributed by atoms with van der Waals surface area (Å²) in [5, 5.41) is 10.4. The van der Waals surface area contributed by atoms with E-state index in [2.05, 4.69) is 30.8 Å². The maximum atomic E-state index is 13.9. The van der Waals surface area contributed by atoms with Gasteiger partial charge in [-0.2, -0.15) is 4.98 Å². The van der Waals surface area contributed by atoms with Crippen molar-refractivity contribution in [1.82, 2.24) is 25.8 Å². The van der Waals surface area contributed by atoms with Crippen molar-refractivity contribution in [2.45, 2.75) is 39.0 Å². The fraction of sp³-hybridized carbons (Fsp3) is 0.556. The number of hydrogen-bond donors (Lipinski definition) is 2. The maximum absolute atomic E-state index is 13.9. The van der Waals surface area contributed by atoms with Crippen molar-refractivity contribution in [1.29, 1.82) is 0 Å². The molecular formula is C18H27FIN7O2. The van der Waals surface area contributed by atoms with E-state index in [0.717, 1.165) is 13.0 Å². The molecule has 1 aliphatic rings. The Hall–Kier alpha value is -2.02. The number of aromatic nitrogens is 3. The van der Waals surface area contributed by atoms with Crippen LogP contribution in [0.4, 0.5) is 10.2 Å². The summed E-state index contributed by atoms with van der Waals surface area (Å²) in [5.41, 5.74) is 0. The van der Waals surface area contributed by atoms with Gasteiger partial charge in [-0.05, 0) is 32.4 Å². The number of aliphatic imine (C=N–C) groups is 1. The second-order valence-electron chi connectivity index (χ2n) is 6.45. The quantitative estimate of drug-likeness (QED) is 0.327. The summed E-state index contributed by atoms with van der Waals surface area (Å²) in [5.74, 6) is 1.67. The number of guanidine groups is 1. The lowest BCUT2D eigenvalue weighted by Gasteiger charge is -2.19. The molecule has 0 amide bonds. The van der Waals surface area contributed by atoms with Gasteiger partial charge in [0.15, 0.2) is 23.4 Å². The normalized spacial score (nSPS) is 17.7. The molecule has 0 aromatic carbocycles. The smallest absolute Gasteiger partial charge is 0.246 e. The van der Waals surface area contributed by atoms with E-state index in [9.17, 15) is 4.39 Å². The summed E-state index contributed by atoms with van der Waals surface area (Å²) >= 11 is 0. The first-order valence-corrected chi connectivity index (χ1v) is 9.37. The van der Waals surface area contributed by atoms with Gasteiger partial charge >= 0.3 is 0 Å². The van der Waals surface area contributed by atoms with Gasteiger partial charge in [0.1, 0.15) is 6.10 Å². The highest BCUT2D eigenvalue weighted by molar-refractivity contribution is 14.0. The first-order valence-electron chi connectivity index (χ1n) is 9.37. The Bertz CT molecular complexity index is 804. The molecule has 0 bridgehead atoms. The summed E-state index contributed by atoms with van der Waals surface area (Å²) < 4.78 is 24.6. The number of rotatable bonds is 7. The van der Waals surface area contributed by atoms with Crippen LogP contribution >= 0.6 is 24.0 Å². The Kier molecular flexibility index (Phi) is 9.01. The molecule has 0 radical (unpaired) electrons. The highest BCUT2D eigenvalue weighted by atomic mass is 127. The molecule has 1 fully saturated rings.